The molecule has 0 atom stereocenters. The third-order valence-electron chi connectivity index (χ3n) is 3.21. The summed E-state index contributed by atoms with van der Waals surface area (Å²) in [5, 5.41) is 1.89. The second kappa shape index (κ2) is 4.61. The summed E-state index contributed by atoms with van der Waals surface area (Å²) in [5.41, 5.74) is 2.24. The highest BCUT2D eigenvalue weighted by Crippen LogP contribution is 2.21. The fourth-order valence-electron chi connectivity index (χ4n) is 2.16. The van der Waals surface area contributed by atoms with Crippen molar-refractivity contribution in [2.24, 2.45) is 0 Å². The largest absolute Gasteiger partial charge is 0.289 e. The molecule has 3 nitrogen and oxygen atoms in total. The van der Waals surface area contributed by atoms with Crippen LogP contribution in [0.15, 0.2) is 55.1 Å². The topological polar surface area (TPSA) is 42.9 Å². The van der Waals surface area contributed by atoms with Crippen molar-refractivity contribution in [1.82, 2.24) is 9.97 Å². The number of pyridine rings is 2. The lowest BCUT2D eigenvalue weighted by Gasteiger charge is -2.07. The first-order valence-corrected chi connectivity index (χ1v) is 6.05. The molecule has 0 bridgehead atoms. The molecule has 0 fully saturated rings. The van der Waals surface area contributed by atoms with E-state index in [4.69, 9.17) is 0 Å². The number of aryl methyl sites for hydroxylation is 1. The zero-order valence-corrected chi connectivity index (χ0v) is 10.5. The first-order chi connectivity index (χ1) is 9.27. The summed E-state index contributed by atoms with van der Waals surface area (Å²) in [7, 11) is 0. The fourth-order valence-corrected chi connectivity index (χ4v) is 2.16. The number of ketones is 1. The van der Waals surface area contributed by atoms with Gasteiger partial charge in [-0.05, 0) is 30.0 Å². The molecule has 3 aromatic rings. The lowest BCUT2D eigenvalue weighted by atomic mass is 9.97. The normalized spacial score (nSPS) is 10.6. The number of carbonyl (C=O) groups is 1. The van der Waals surface area contributed by atoms with Crippen LogP contribution < -0.4 is 0 Å². The van der Waals surface area contributed by atoms with Crippen molar-refractivity contribution in [2.75, 3.05) is 0 Å². The van der Waals surface area contributed by atoms with Gasteiger partial charge < -0.3 is 0 Å². The molecule has 0 saturated carbocycles. The van der Waals surface area contributed by atoms with E-state index in [-0.39, 0.29) is 5.78 Å². The Hall–Kier alpha value is -2.55. The Morgan fingerprint density at radius 2 is 1.74 bits per heavy atom. The van der Waals surface area contributed by atoms with Crippen LogP contribution >= 0.6 is 0 Å². The predicted molar refractivity (Wildman–Crippen MR) is 74.1 cm³/mol. The van der Waals surface area contributed by atoms with Crippen molar-refractivity contribution in [3.8, 4) is 0 Å². The molecule has 0 spiro atoms. The molecule has 0 aliphatic rings. The first-order valence-electron chi connectivity index (χ1n) is 6.05. The molecule has 2 heterocycles. The molecule has 0 radical (unpaired) electrons. The van der Waals surface area contributed by atoms with Gasteiger partial charge in [-0.2, -0.15) is 0 Å². The van der Waals surface area contributed by atoms with Crippen LogP contribution in [0.5, 0.6) is 0 Å². The minimum Gasteiger partial charge on any atom is -0.289 e. The number of aromatic nitrogens is 2. The second-order valence-corrected chi connectivity index (χ2v) is 4.42. The Labute approximate surface area is 111 Å². The average molecular weight is 248 g/mol. The van der Waals surface area contributed by atoms with Gasteiger partial charge in [0, 0.05) is 41.3 Å². The van der Waals surface area contributed by atoms with E-state index in [2.05, 4.69) is 9.97 Å². The Morgan fingerprint density at radius 1 is 0.947 bits per heavy atom. The van der Waals surface area contributed by atoms with Crippen LogP contribution in [-0.2, 0) is 0 Å². The fraction of sp³-hybridized carbons (Fsp3) is 0.0625. The number of carbonyl (C=O) groups excluding carboxylic acids is 1. The van der Waals surface area contributed by atoms with Crippen molar-refractivity contribution in [1.29, 1.82) is 0 Å². The number of fused-ring (bicyclic) bond motifs is 1. The lowest BCUT2D eigenvalue weighted by molar-refractivity contribution is 0.103. The van der Waals surface area contributed by atoms with E-state index in [0.29, 0.717) is 11.1 Å². The number of rotatable bonds is 2. The summed E-state index contributed by atoms with van der Waals surface area (Å²) >= 11 is 0. The van der Waals surface area contributed by atoms with Gasteiger partial charge in [-0.25, -0.2) is 0 Å². The maximum Gasteiger partial charge on any atom is 0.195 e. The Bertz CT molecular complexity index is 760. The van der Waals surface area contributed by atoms with Crippen molar-refractivity contribution in [3.05, 3.63) is 71.8 Å². The summed E-state index contributed by atoms with van der Waals surface area (Å²) in [4.78, 5) is 20.8. The third kappa shape index (κ3) is 1.99. The van der Waals surface area contributed by atoms with Crippen LogP contribution in [0.4, 0.5) is 0 Å². The van der Waals surface area contributed by atoms with Crippen molar-refractivity contribution >= 4 is 16.6 Å². The van der Waals surface area contributed by atoms with Crippen LogP contribution in [0.3, 0.4) is 0 Å². The Balaban J connectivity index is 2.20. The van der Waals surface area contributed by atoms with Crippen molar-refractivity contribution in [3.63, 3.8) is 0 Å². The first kappa shape index (κ1) is 11.5. The van der Waals surface area contributed by atoms with Gasteiger partial charge in [0.2, 0.25) is 0 Å². The van der Waals surface area contributed by atoms with E-state index in [1.807, 2.05) is 37.3 Å². The molecule has 3 rings (SSSR count). The van der Waals surface area contributed by atoms with Crippen molar-refractivity contribution in [2.45, 2.75) is 6.92 Å². The number of hydrogen-bond acceptors (Lipinski definition) is 3. The van der Waals surface area contributed by atoms with Crippen LogP contribution in [-0.4, -0.2) is 15.8 Å². The zero-order chi connectivity index (χ0) is 13.2. The van der Waals surface area contributed by atoms with E-state index in [0.717, 1.165) is 16.3 Å². The Kier molecular flexibility index (Phi) is 2.80. The molecule has 0 unspecified atom stereocenters. The highest BCUT2D eigenvalue weighted by molar-refractivity contribution is 6.16. The van der Waals surface area contributed by atoms with E-state index in [9.17, 15) is 4.79 Å². The average Bonchev–Trinajstić information content (AvgIpc) is 2.46. The van der Waals surface area contributed by atoms with E-state index in [1.165, 1.54) is 0 Å². The molecule has 3 heteroatoms. The molecule has 0 aliphatic carbocycles. The number of hydrogen-bond donors (Lipinski definition) is 0. The molecular formula is C16H12N2O. The standard InChI is InChI=1S/C16H12N2O/c1-11-5-7-17-9-14(11)16(19)13-4-2-3-12-6-8-18-10-15(12)13/h2-10H,1H3. The summed E-state index contributed by atoms with van der Waals surface area (Å²) < 4.78 is 0. The molecule has 0 amide bonds. The van der Waals surface area contributed by atoms with Gasteiger partial charge in [-0.15, -0.1) is 0 Å². The van der Waals surface area contributed by atoms with Crippen LogP contribution in [0.2, 0.25) is 0 Å². The number of nitrogens with zero attached hydrogens (tertiary/aromatic N) is 2. The molecule has 0 aliphatic heterocycles. The van der Waals surface area contributed by atoms with Gasteiger partial charge >= 0.3 is 0 Å². The molecular weight excluding hydrogens is 236 g/mol. The van der Waals surface area contributed by atoms with Gasteiger partial charge in [-0.3, -0.25) is 14.8 Å². The predicted octanol–water partition coefficient (Wildman–Crippen LogP) is 3.17. The summed E-state index contributed by atoms with van der Waals surface area (Å²) in [6, 6.07) is 9.45. The Morgan fingerprint density at radius 3 is 2.58 bits per heavy atom. The third-order valence-corrected chi connectivity index (χ3v) is 3.21. The highest BCUT2D eigenvalue weighted by Gasteiger charge is 2.14. The summed E-state index contributed by atoms with van der Waals surface area (Å²) in [5.74, 6) is -0.01000. The van der Waals surface area contributed by atoms with E-state index < -0.39 is 0 Å². The SMILES string of the molecule is Cc1ccncc1C(=O)c1cccc2ccncc12. The van der Waals surface area contributed by atoms with Gasteiger partial charge in [0.1, 0.15) is 0 Å². The van der Waals surface area contributed by atoms with E-state index >= 15 is 0 Å². The van der Waals surface area contributed by atoms with Gasteiger partial charge in [0.15, 0.2) is 5.78 Å². The monoisotopic (exact) mass is 248 g/mol. The molecule has 0 saturated heterocycles. The minimum atomic E-state index is -0.01000. The van der Waals surface area contributed by atoms with Crippen molar-refractivity contribution < 1.29 is 4.79 Å². The van der Waals surface area contributed by atoms with Crippen LogP contribution in [0.1, 0.15) is 21.5 Å². The quantitative estimate of drug-likeness (QED) is 0.654. The van der Waals surface area contributed by atoms with Gasteiger partial charge in [-0.1, -0.05) is 18.2 Å². The molecule has 0 N–H and O–H groups in total. The zero-order valence-electron chi connectivity index (χ0n) is 10.5. The molecule has 92 valence electrons. The number of benzene rings is 1. The maximum atomic E-state index is 12.6. The van der Waals surface area contributed by atoms with E-state index in [1.54, 1.807) is 24.8 Å². The molecule has 19 heavy (non-hydrogen) atoms. The lowest BCUT2D eigenvalue weighted by Crippen LogP contribution is -2.05. The molecule has 1 aromatic carbocycles. The highest BCUT2D eigenvalue weighted by atomic mass is 16.1. The van der Waals surface area contributed by atoms with Gasteiger partial charge in [0.25, 0.3) is 0 Å². The summed E-state index contributed by atoms with van der Waals surface area (Å²) in [6.45, 7) is 1.91. The second-order valence-electron chi connectivity index (χ2n) is 4.42. The summed E-state index contributed by atoms with van der Waals surface area (Å²) in [6.07, 6.45) is 6.77. The molecule has 2 aromatic heterocycles. The maximum absolute atomic E-state index is 12.6. The smallest absolute Gasteiger partial charge is 0.195 e. The van der Waals surface area contributed by atoms with Crippen LogP contribution in [0, 0.1) is 6.92 Å². The minimum absolute atomic E-state index is 0.01000. The van der Waals surface area contributed by atoms with Crippen LogP contribution in [0.25, 0.3) is 10.8 Å². The van der Waals surface area contributed by atoms with Gasteiger partial charge in [0.05, 0.1) is 0 Å².